The lowest BCUT2D eigenvalue weighted by Gasteiger charge is -2.15. The van der Waals surface area contributed by atoms with Crippen LogP contribution in [0, 0.1) is 6.92 Å². The Morgan fingerprint density at radius 3 is 2.61 bits per heavy atom. The summed E-state index contributed by atoms with van der Waals surface area (Å²) in [4.78, 5) is 28.2. The van der Waals surface area contributed by atoms with Gasteiger partial charge in [0.05, 0.1) is 5.52 Å². The first kappa shape index (κ1) is 19.2. The van der Waals surface area contributed by atoms with Gasteiger partial charge in [-0.25, -0.2) is 15.0 Å². The zero-order valence-electron chi connectivity index (χ0n) is 17.8. The third kappa shape index (κ3) is 3.74. The number of carbonyl (C=O) groups excluding carboxylic acids is 1. The molecule has 7 nitrogen and oxygen atoms in total. The van der Waals surface area contributed by atoms with Crippen LogP contribution in [-0.4, -0.2) is 45.9 Å². The van der Waals surface area contributed by atoms with Crippen LogP contribution in [0.2, 0.25) is 0 Å². The Hall–Kier alpha value is -3.74. The third-order valence-corrected chi connectivity index (χ3v) is 5.50. The summed E-state index contributed by atoms with van der Waals surface area (Å²) >= 11 is 0. The molecular weight excluding hydrogens is 388 g/mol. The van der Waals surface area contributed by atoms with Gasteiger partial charge in [-0.3, -0.25) is 4.79 Å². The fraction of sp³-hybridized carbons (Fsp3) is 0.250. The van der Waals surface area contributed by atoms with Crippen LogP contribution in [0.3, 0.4) is 0 Å². The number of para-hydroxylation sites is 1. The molecule has 7 heteroatoms. The molecule has 0 saturated heterocycles. The molecule has 156 valence electrons. The van der Waals surface area contributed by atoms with E-state index in [1.165, 1.54) is 0 Å². The highest BCUT2D eigenvalue weighted by Crippen LogP contribution is 2.32. The van der Waals surface area contributed by atoms with Crippen molar-refractivity contribution in [3.8, 4) is 0 Å². The maximum absolute atomic E-state index is 12.5. The van der Waals surface area contributed by atoms with Crippen molar-refractivity contribution in [3.05, 3.63) is 59.8 Å². The van der Waals surface area contributed by atoms with Crippen molar-refractivity contribution in [3.63, 3.8) is 0 Å². The highest BCUT2D eigenvalue weighted by atomic mass is 16.2. The topological polar surface area (TPSA) is 83.0 Å². The van der Waals surface area contributed by atoms with Crippen LogP contribution >= 0.6 is 0 Å². The van der Waals surface area contributed by atoms with Crippen molar-refractivity contribution < 1.29 is 4.79 Å². The van der Waals surface area contributed by atoms with Gasteiger partial charge in [0.1, 0.15) is 5.52 Å². The Morgan fingerprint density at radius 1 is 1.06 bits per heavy atom. The summed E-state index contributed by atoms with van der Waals surface area (Å²) in [6.07, 6.45) is 4.14. The van der Waals surface area contributed by atoms with E-state index in [1.54, 1.807) is 19.0 Å². The number of nitrogens with one attached hydrogen (secondary N) is 2. The normalized spacial score (nSPS) is 13.4. The molecule has 5 rings (SSSR count). The molecule has 1 aliphatic rings. The largest absolute Gasteiger partial charge is 0.351 e. The molecule has 0 radical (unpaired) electrons. The zero-order valence-corrected chi connectivity index (χ0v) is 17.8. The van der Waals surface area contributed by atoms with Gasteiger partial charge in [0.2, 0.25) is 5.95 Å². The Labute approximate surface area is 180 Å². The third-order valence-electron chi connectivity index (χ3n) is 5.50. The second-order valence-corrected chi connectivity index (χ2v) is 8.21. The van der Waals surface area contributed by atoms with Gasteiger partial charge in [0, 0.05) is 48.4 Å². The zero-order chi connectivity index (χ0) is 21.5. The fourth-order valence-electron chi connectivity index (χ4n) is 3.58. The van der Waals surface area contributed by atoms with Crippen LogP contribution in [0.5, 0.6) is 0 Å². The number of rotatable bonds is 5. The lowest BCUT2D eigenvalue weighted by molar-refractivity contribution is 0.0827. The summed E-state index contributed by atoms with van der Waals surface area (Å²) in [5, 5.41) is 8.63. The lowest BCUT2D eigenvalue weighted by atomic mass is 10.1. The van der Waals surface area contributed by atoms with Crippen LogP contribution in [0.15, 0.2) is 48.7 Å². The number of pyridine rings is 1. The number of fused-ring (bicyclic) bond motifs is 3. The van der Waals surface area contributed by atoms with Gasteiger partial charge in [-0.2, -0.15) is 0 Å². The minimum Gasteiger partial charge on any atom is -0.351 e. The van der Waals surface area contributed by atoms with Crippen LogP contribution < -0.4 is 10.6 Å². The molecule has 4 aromatic rings. The van der Waals surface area contributed by atoms with Crippen molar-refractivity contribution in [1.82, 2.24) is 19.9 Å². The summed E-state index contributed by atoms with van der Waals surface area (Å²) in [5.41, 5.74) is 4.15. The van der Waals surface area contributed by atoms with Gasteiger partial charge in [0.25, 0.3) is 5.91 Å². The monoisotopic (exact) mass is 412 g/mol. The van der Waals surface area contributed by atoms with Crippen LogP contribution in [0.1, 0.15) is 28.8 Å². The molecule has 1 fully saturated rings. The number of aromatic nitrogens is 3. The Bertz CT molecular complexity index is 1310. The number of aryl methyl sites for hydroxylation is 1. The van der Waals surface area contributed by atoms with Gasteiger partial charge in [0.15, 0.2) is 5.82 Å². The standard InChI is InChI=1S/C24H24N6O/c1-14-6-4-5-7-19(14)27-22-21-18(13-25-24(29-21)26-16-9-10-16)17-11-8-15(12-20(17)28-22)23(31)30(2)3/h4-8,11-13,16H,9-10H2,1-3H3,(H,27,28)(H,25,26,29). The van der Waals surface area contributed by atoms with E-state index in [0.717, 1.165) is 45.9 Å². The molecule has 0 spiro atoms. The molecule has 2 N–H and O–H groups in total. The van der Waals surface area contributed by atoms with Crippen molar-refractivity contribution >= 4 is 45.2 Å². The van der Waals surface area contributed by atoms with E-state index in [9.17, 15) is 4.79 Å². The molecule has 1 saturated carbocycles. The predicted molar refractivity (Wildman–Crippen MR) is 124 cm³/mol. The number of hydrogen-bond acceptors (Lipinski definition) is 6. The van der Waals surface area contributed by atoms with Gasteiger partial charge in [-0.1, -0.05) is 24.3 Å². The minimum absolute atomic E-state index is 0.0579. The molecule has 2 aromatic heterocycles. The molecule has 0 bridgehead atoms. The summed E-state index contributed by atoms with van der Waals surface area (Å²) < 4.78 is 0. The molecule has 0 aliphatic heterocycles. The van der Waals surface area contributed by atoms with E-state index in [1.807, 2.05) is 42.6 Å². The van der Waals surface area contributed by atoms with Gasteiger partial charge >= 0.3 is 0 Å². The quantitative estimate of drug-likeness (QED) is 0.470. The first-order valence-corrected chi connectivity index (χ1v) is 10.4. The molecule has 0 atom stereocenters. The second kappa shape index (κ2) is 7.50. The summed E-state index contributed by atoms with van der Waals surface area (Å²) in [7, 11) is 3.49. The van der Waals surface area contributed by atoms with E-state index in [4.69, 9.17) is 9.97 Å². The van der Waals surface area contributed by atoms with E-state index < -0.39 is 0 Å². The number of amides is 1. The van der Waals surface area contributed by atoms with Gasteiger partial charge < -0.3 is 15.5 Å². The summed E-state index contributed by atoms with van der Waals surface area (Å²) in [6, 6.07) is 14.1. The Balaban J connectivity index is 1.70. The molecule has 2 heterocycles. The van der Waals surface area contributed by atoms with E-state index in [0.29, 0.717) is 23.4 Å². The number of benzene rings is 2. The Morgan fingerprint density at radius 2 is 1.87 bits per heavy atom. The summed E-state index contributed by atoms with van der Waals surface area (Å²) in [5.74, 6) is 1.20. The number of hydrogen-bond donors (Lipinski definition) is 2. The molecule has 0 unspecified atom stereocenters. The average molecular weight is 412 g/mol. The molecule has 1 aliphatic carbocycles. The maximum atomic E-state index is 12.5. The van der Waals surface area contributed by atoms with E-state index >= 15 is 0 Å². The highest BCUT2D eigenvalue weighted by Gasteiger charge is 2.22. The SMILES string of the molecule is Cc1ccccc1Nc1nc2cc(C(=O)N(C)C)ccc2c2cnc(NC3CC3)nc12. The number of carbonyl (C=O) groups is 1. The molecule has 31 heavy (non-hydrogen) atoms. The van der Waals surface area contributed by atoms with E-state index in [-0.39, 0.29) is 5.91 Å². The van der Waals surface area contributed by atoms with Crippen LogP contribution in [0.4, 0.5) is 17.5 Å². The first-order valence-electron chi connectivity index (χ1n) is 10.4. The molecule has 1 amide bonds. The number of nitrogens with zero attached hydrogens (tertiary/aromatic N) is 4. The van der Waals surface area contributed by atoms with Crippen molar-refractivity contribution in [2.24, 2.45) is 0 Å². The lowest BCUT2D eigenvalue weighted by Crippen LogP contribution is -2.21. The van der Waals surface area contributed by atoms with Crippen LogP contribution in [-0.2, 0) is 0 Å². The van der Waals surface area contributed by atoms with E-state index in [2.05, 4.69) is 28.6 Å². The van der Waals surface area contributed by atoms with Gasteiger partial charge in [-0.05, 0) is 43.5 Å². The number of anilines is 3. The first-order chi connectivity index (χ1) is 15.0. The molecule has 2 aromatic carbocycles. The van der Waals surface area contributed by atoms with Gasteiger partial charge in [-0.15, -0.1) is 0 Å². The average Bonchev–Trinajstić information content (AvgIpc) is 3.58. The minimum atomic E-state index is -0.0579. The van der Waals surface area contributed by atoms with Crippen molar-refractivity contribution in [2.75, 3.05) is 24.7 Å². The second-order valence-electron chi connectivity index (χ2n) is 8.21. The van der Waals surface area contributed by atoms with Crippen molar-refractivity contribution in [1.29, 1.82) is 0 Å². The maximum Gasteiger partial charge on any atom is 0.253 e. The highest BCUT2D eigenvalue weighted by molar-refractivity contribution is 6.10. The fourth-order valence-corrected chi connectivity index (χ4v) is 3.58. The Kier molecular flexibility index (Phi) is 4.66. The summed E-state index contributed by atoms with van der Waals surface area (Å²) in [6.45, 7) is 2.05. The molecular formula is C24H24N6O. The van der Waals surface area contributed by atoms with Crippen molar-refractivity contribution in [2.45, 2.75) is 25.8 Å². The predicted octanol–water partition coefficient (Wildman–Crippen LogP) is 4.51. The van der Waals surface area contributed by atoms with Crippen LogP contribution in [0.25, 0.3) is 21.8 Å². The smallest absolute Gasteiger partial charge is 0.253 e.